The summed E-state index contributed by atoms with van der Waals surface area (Å²) in [6.07, 6.45) is 8.21. The van der Waals surface area contributed by atoms with Crippen molar-refractivity contribution in [3.63, 3.8) is 0 Å². The second-order valence-electron chi connectivity index (χ2n) is 7.67. The SMILES string of the molecule is Cc1nc2c(c(N3CCCCC3c3nc(C(C)C)n[nH]3)n1)CCCC2. The van der Waals surface area contributed by atoms with E-state index in [1.165, 1.54) is 36.9 Å². The van der Waals surface area contributed by atoms with Gasteiger partial charge in [0.15, 0.2) is 5.82 Å². The maximum absolute atomic E-state index is 4.88. The predicted molar refractivity (Wildman–Crippen MR) is 97.8 cm³/mol. The van der Waals surface area contributed by atoms with E-state index in [0.717, 1.165) is 49.1 Å². The van der Waals surface area contributed by atoms with Crippen molar-refractivity contribution < 1.29 is 0 Å². The molecule has 1 aliphatic carbocycles. The molecule has 6 heteroatoms. The van der Waals surface area contributed by atoms with Crippen LogP contribution < -0.4 is 4.90 Å². The van der Waals surface area contributed by atoms with E-state index in [1.54, 1.807) is 0 Å². The molecule has 2 aromatic heterocycles. The van der Waals surface area contributed by atoms with Crippen molar-refractivity contribution in [2.75, 3.05) is 11.4 Å². The number of hydrogen-bond acceptors (Lipinski definition) is 5. The van der Waals surface area contributed by atoms with Gasteiger partial charge < -0.3 is 4.90 Å². The first-order chi connectivity index (χ1) is 12.1. The summed E-state index contributed by atoms with van der Waals surface area (Å²) < 4.78 is 0. The van der Waals surface area contributed by atoms with E-state index in [2.05, 4.69) is 28.9 Å². The summed E-state index contributed by atoms with van der Waals surface area (Å²) >= 11 is 0. The standard InChI is InChI=1S/C19H28N6/c1-12(2)17-22-18(24-23-17)16-10-6-7-11-25(16)19-14-8-4-5-9-15(14)20-13(3)21-19/h12,16H,4-11H2,1-3H3,(H,22,23,24). The van der Waals surface area contributed by atoms with Gasteiger partial charge in [-0.3, -0.25) is 5.10 Å². The van der Waals surface area contributed by atoms with E-state index in [9.17, 15) is 0 Å². The molecule has 2 aliphatic rings. The molecule has 0 bridgehead atoms. The van der Waals surface area contributed by atoms with Crippen LogP contribution in [0.4, 0.5) is 5.82 Å². The zero-order chi connectivity index (χ0) is 17.4. The van der Waals surface area contributed by atoms with Gasteiger partial charge >= 0.3 is 0 Å². The summed E-state index contributed by atoms with van der Waals surface area (Å²) in [6.45, 7) is 7.32. The Labute approximate surface area is 149 Å². The lowest BCUT2D eigenvalue weighted by Crippen LogP contribution is -2.36. The first-order valence-electron chi connectivity index (χ1n) is 9.68. The quantitative estimate of drug-likeness (QED) is 0.924. The van der Waals surface area contributed by atoms with Crippen molar-refractivity contribution in [2.24, 2.45) is 0 Å². The van der Waals surface area contributed by atoms with Gasteiger partial charge in [-0.1, -0.05) is 13.8 Å². The Hall–Kier alpha value is -1.98. The molecule has 1 atom stereocenters. The van der Waals surface area contributed by atoms with Crippen LogP contribution in [0, 0.1) is 6.92 Å². The molecule has 0 radical (unpaired) electrons. The van der Waals surface area contributed by atoms with Crippen LogP contribution in [0.15, 0.2) is 0 Å². The van der Waals surface area contributed by atoms with E-state index in [4.69, 9.17) is 15.0 Å². The van der Waals surface area contributed by atoms with Crippen LogP contribution in [0.5, 0.6) is 0 Å². The smallest absolute Gasteiger partial charge is 0.153 e. The van der Waals surface area contributed by atoms with Crippen LogP contribution in [0.3, 0.4) is 0 Å². The molecule has 4 rings (SSSR count). The Balaban J connectivity index is 1.73. The number of fused-ring (bicyclic) bond motifs is 1. The zero-order valence-electron chi connectivity index (χ0n) is 15.5. The molecule has 0 aromatic carbocycles. The van der Waals surface area contributed by atoms with Gasteiger partial charge in [-0.15, -0.1) is 0 Å². The van der Waals surface area contributed by atoms with Crippen LogP contribution >= 0.6 is 0 Å². The van der Waals surface area contributed by atoms with Crippen molar-refractivity contribution in [3.05, 3.63) is 28.7 Å². The molecule has 6 nitrogen and oxygen atoms in total. The number of aryl methyl sites for hydroxylation is 2. The normalized spacial score (nSPS) is 20.8. The molecule has 1 unspecified atom stereocenters. The molecular formula is C19H28N6. The molecule has 2 aromatic rings. The lowest BCUT2D eigenvalue weighted by Gasteiger charge is -2.37. The van der Waals surface area contributed by atoms with E-state index in [0.29, 0.717) is 5.92 Å². The fourth-order valence-corrected chi connectivity index (χ4v) is 4.10. The first kappa shape index (κ1) is 16.5. The molecule has 1 aliphatic heterocycles. The Morgan fingerprint density at radius 2 is 1.88 bits per heavy atom. The lowest BCUT2D eigenvalue weighted by atomic mass is 9.94. The van der Waals surface area contributed by atoms with E-state index >= 15 is 0 Å². The Bertz CT molecular complexity index is 750. The molecule has 3 heterocycles. The number of nitrogens with zero attached hydrogens (tertiary/aromatic N) is 5. The summed E-state index contributed by atoms with van der Waals surface area (Å²) in [4.78, 5) is 16.9. The molecule has 1 fully saturated rings. The summed E-state index contributed by atoms with van der Waals surface area (Å²) in [7, 11) is 0. The van der Waals surface area contributed by atoms with Gasteiger partial charge in [-0.2, -0.15) is 5.10 Å². The number of hydrogen-bond donors (Lipinski definition) is 1. The van der Waals surface area contributed by atoms with Crippen molar-refractivity contribution in [1.29, 1.82) is 0 Å². The van der Waals surface area contributed by atoms with Gasteiger partial charge in [-0.25, -0.2) is 15.0 Å². The third kappa shape index (κ3) is 3.14. The Kier molecular flexibility index (Phi) is 4.44. The van der Waals surface area contributed by atoms with Crippen molar-refractivity contribution >= 4 is 5.82 Å². The molecule has 0 spiro atoms. The zero-order valence-corrected chi connectivity index (χ0v) is 15.5. The minimum atomic E-state index is 0.245. The summed E-state index contributed by atoms with van der Waals surface area (Å²) in [5.74, 6) is 4.27. The monoisotopic (exact) mass is 340 g/mol. The minimum Gasteiger partial charge on any atom is -0.346 e. The maximum atomic E-state index is 4.88. The summed E-state index contributed by atoms with van der Waals surface area (Å²) in [5.41, 5.74) is 2.63. The van der Waals surface area contributed by atoms with Gasteiger partial charge in [0.1, 0.15) is 17.5 Å². The molecule has 1 saturated heterocycles. The highest BCUT2D eigenvalue weighted by Gasteiger charge is 2.31. The predicted octanol–water partition coefficient (Wildman–Crippen LogP) is 3.64. The number of aromatic amines is 1. The van der Waals surface area contributed by atoms with Gasteiger partial charge in [-0.05, 0) is 51.9 Å². The number of aromatic nitrogens is 5. The van der Waals surface area contributed by atoms with Gasteiger partial charge in [0.05, 0.1) is 6.04 Å². The number of nitrogens with one attached hydrogen (secondary N) is 1. The van der Waals surface area contributed by atoms with E-state index in [-0.39, 0.29) is 6.04 Å². The number of anilines is 1. The average Bonchev–Trinajstić information content (AvgIpc) is 3.11. The Morgan fingerprint density at radius 3 is 2.68 bits per heavy atom. The van der Waals surface area contributed by atoms with Crippen LogP contribution in [0.2, 0.25) is 0 Å². The third-order valence-corrected chi connectivity index (χ3v) is 5.40. The first-order valence-corrected chi connectivity index (χ1v) is 9.68. The second kappa shape index (κ2) is 6.73. The van der Waals surface area contributed by atoms with Gasteiger partial charge in [0.2, 0.25) is 0 Å². The second-order valence-corrected chi connectivity index (χ2v) is 7.67. The van der Waals surface area contributed by atoms with Crippen LogP contribution in [-0.2, 0) is 12.8 Å². The van der Waals surface area contributed by atoms with Crippen molar-refractivity contribution in [2.45, 2.75) is 77.7 Å². The maximum Gasteiger partial charge on any atom is 0.153 e. The van der Waals surface area contributed by atoms with Crippen LogP contribution in [0.25, 0.3) is 0 Å². The van der Waals surface area contributed by atoms with Crippen molar-refractivity contribution in [3.8, 4) is 0 Å². The topological polar surface area (TPSA) is 70.6 Å². The highest BCUT2D eigenvalue weighted by atomic mass is 15.3. The van der Waals surface area contributed by atoms with Crippen LogP contribution in [0.1, 0.15) is 86.6 Å². The molecule has 1 N–H and O–H groups in total. The summed E-state index contributed by atoms with van der Waals surface area (Å²) in [6, 6.07) is 0.245. The fraction of sp³-hybridized carbons (Fsp3) is 0.684. The average molecular weight is 340 g/mol. The van der Waals surface area contributed by atoms with Crippen LogP contribution in [-0.4, -0.2) is 31.7 Å². The molecular weight excluding hydrogens is 312 g/mol. The molecule has 134 valence electrons. The third-order valence-electron chi connectivity index (χ3n) is 5.40. The number of rotatable bonds is 3. The minimum absolute atomic E-state index is 0.245. The summed E-state index contributed by atoms with van der Waals surface area (Å²) in [5, 5.41) is 7.63. The van der Waals surface area contributed by atoms with Gasteiger partial charge in [0, 0.05) is 23.7 Å². The molecule has 0 saturated carbocycles. The van der Waals surface area contributed by atoms with Gasteiger partial charge in [0.25, 0.3) is 0 Å². The largest absolute Gasteiger partial charge is 0.346 e. The molecule has 25 heavy (non-hydrogen) atoms. The number of H-pyrrole nitrogens is 1. The lowest BCUT2D eigenvalue weighted by molar-refractivity contribution is 0.450. The number of piperidine rings is 1. The highest BCUT2D eigenvalue weighted by Crippen LogP contribution is 2.37. The van der Waals surface area contributed by atoms with E-state index in [1.807, 2.05) is 6.92 Å². The Morgan fingerprint density at radius 1 is 1.04 bits per heavy atom. The van der Waals surface area contributed by atoms with Crippen molar-refractivity contribution in [1.82, 2.24) is 25.1 Å². The highest BCUT2D eigenvalue weighted by molar-refractivity contribution is 5.52. The fourth-order valence-electron chi connectivity index (χ4n) is 4.10. The van der Waals surface area contributed by atoms with E-state index < -0.39 is 0 Å². The molecule has 0 amide bonds.